The van der Waals surface area contributed by atoms with Crippen LogP contribution in [0.4, 0.5) is 13.2 Å². The zero-order valence-electron chi connectivity index (χ0n) is 24.2. The predicted molar refractivity (Wildman–Crippen MR) is 166 cm³/mol. The van der Waals surface area contributed by atoms with Crippen molar-refractivity contribution in [2.45, 2.75) is 31.1 Å². The molecule has 0 aliphatic rings. The number of nitriles is 1. The summed E-state index contributed by atoms with van der Waals surface area (Å²) in [6.07, 6.45) is -4.57. The molecule has 4 aromatic carbocycles. The van der Waals surface area contributed by atoms with Crippen molar-refractivity contribution in [3.63, 3.8) is 0 Å². The lowest BCUT2D eigenvalue weighted by Crippen LogP contribution is -2.33. The van der Waals surface area contributed by atoms with Gasteiger partial charge in [0, 0.05) is 34.8 Å². The molecular weight excluding hydrogens is 583 g/mol. The van der Waals surface area contributed by atoms with Crippen LogP contribution in [-0.4, -0.2) is 35.0 Å². The number of carbonyl (C=O) groups is 1. The van der Waals surface area contributed by atoms with Crippen LogP contribution < -0.4 is 16.0 Å². The van der Waals surface area contributed by atoms with Gasteiger partial charge in [0.2, 0.25) is 0 Å². The Hall–Kier alpha value is -5.40. The Labute approximate surface area is 257 Å². The average Bonchev–Trinajstić information content (AvgIpc) is 3.05. The topological polar surface area (TPSA) is 118 Å². The number of carboxylic acids is 1. The number of nitrogens with two attached hydrogens (primary N) is 1. The summed E-state index contributed by atoms with van der Waals surface area (Å²) < 4.78 is 38.8. The molecule has 1 atom stereocenters. The number of halogens is 3. The van der Waals surface area contributed by atoms with Crippen molar-refractivity contribution in [3.05, 3.63) is 136 Å². The third-order valence-electron chi connectivity index (χ3n) is 7.32. The summed E-state index contributed by atoms with van der Waals surface area (Å²) in [5.41, 5.74) is 10.8. The van der Waals surface area contributed by atoms with Gasteiger partial charge in [-0.25, -0.2) is 4.79 Å². The Morgan fingerprint density at radius 2 is 1.42 bits per heavy atom. The number of rotatable bonds is 8. The first-order chi connectivity index (χ1) is 21.6. The fourth-order valence-electron chi connectivity index (χ4n) is 5.23. The van der Waals surface area contributed by atoms with E-state index in [1.807, 2.05) is 72.8 Å². The number of aromatic nitrogens is 1. The Bertz CT molecular complexity index is 1810. The van der Waals surface area contributed by atoms with Crippen molar-refractivity contribution >= 4 is 16.7 Å². The van der Waals surface area contributed by atoms with Crippen molar-refractivity contribution < 1.29 is 27.8 Å². The van der Waals surface area contributed by atoms with Gasteiger partial charge in [-0.1, -0.05) is 91.0 Å². The van der Waals surface area contributed by atoms with Crippen molar-refractivity contribution in [3.8, 4) is 22.9 Å². The Morgan fingerprint density at radius 3 is 1.89 bits per heavy atom. The van der Waals surface area contributed by atoms with Gasteiger partial charge in [0.15, 0.2) is 0 Å². The first-order valence-electron chi connectivity index (χ1n) is 13.9. The highest BCUT2D eigenvalue weighted by molar-refractivity contribution is 5.99. The van der Waals surface area contributed by atoms with Gasteiger partial charge in [0.1, 0.15) is 17.5 Å². The molecule has 0 amide bonds. The normalized spacial score (nSPS) is 11.8. The van der Waals surface area contributed by atoms with E-state index in [4.69, 9.17) is 20.4 Å². The molecule has 1 aromatic heterocycles. The lowest BCUT2D eigenvalue weighted by Gasteiger charge is -2.26. The Kier molecular flexibility index (Phi) is 10.4. The second-order valence-corrected chi connectivity index (χ2v) is 10.1. The van der Waals surface area contributed by atoms with E-state index in [1.54, 1.807) is 23.8 Å². The molecule has 1 unspecified atom stereocenters. The SMILES string of the molecule is COc1ccc2c(=O)n(CCC(N)C(c3ccccc3)c3ccccc3)c(C#N)c(-c3ccccc3)c2c1.O=C(O)C(F)(F)F. The summed E-state index contributed by atoms with van der Waals surface area (Å²) in [6, 6.07) is 37.5. The molecule has 45 heavy (non-hydrogen) atoms. The van der Waals surface area contributed by atoms with Crippen LogP contribution in [0.2, 0.25) is 0 Å². The molecule has 5 aromatic rings. The quantitative estimate of drug-likeness (QED) is 0.200. The number of hydrogen-bond donors (Lipinski definition) is 2. The third-order valence-corrected chi connectivity index (χ3v) is 7.32. The molecule has 0 radical (unpaired) electrons. The monoisotopic (exact) mass is 613 g/mol. The van der Waals surface area contributed by atoms with E-state index >= 15 is 0 Å². The number of methoxy groups -OCH3 is 1. The minimum atomic E-state index is -5.08. The molecule has 1 heterocycles. The number of benzene rings is 4. The summed E-state index contributed by atoms with van der Waals surface area (Å²) in [5, 5.41) is 18.7. The second kappa shape index (κ2) is 14.4. The van der Waals surface area contributed by atoms with Gasteiger partial charge in [-0.05, 0) is 41.3 Å². The van der Waals surface area contributed by atoms with E-state index in [-0.39, 0.29) is 17.5 Å². The molecule has 7 nitrogen and oxygen atoms in total. The number of ether oxygens (including phenoxy) is 1. The fourth-order valence-corrected chi connectivity index (χ4v) is 5.23. The Morgan fingerprint density at radius 1 is 0.911 bits per heavy atom. The molecule has 0 spiro atoms. The van der Waals surface area contributed by atoms with E-state index in [9.17, 15) is 23.2 Å². The molecule has 5 rings (SSSR count). The van der Waals surface area contributed by atoms with Gasteiger partial charge in [-0.2, -0.15) is 18.4 Å². The van der Waals surface area contributed by atoms with Gasteiger partial charge in [0.25, 0.3) is 5.56 Å². The van der Waals surface area contributed by atoms with Crippen molar-refractivity contribution in [2.75, 3.05) is 7.11 Å². The second-order valence-electron chi connectivity index (χ2n) is 10.1. The number of nitrogens with zero attached hydrogens (tertiary/aromatic N) is 2. The highest BCUT2D eigenvalue weighted by Crippen LogP contribution is 2.33. The maximum absolute atomic E-state index is 13.7. The van der Waals surface area contributed by atoms with Gasteiger partial charge < -0.3 is 15.6 Å². The molecule has 0 aliphatic heterocycles. The van der Waals surface area contributed by atoms with E-state index in [1.165, 1.54) is 0 Å². The molecule has 0 bridgehead atoms. The van der Waals surface area contributed by atoms with Crippen LogP contribution in [0.5, 0.6) is 5.75 Å². The minimum absolute atomic E-state index is 0.0445. The Balaban J connectivity index is 0.000000591. The van der Waals surface area contributed by atoms with Crippen molar-refractivity contribution in [2.24, 2.45) is 5.73 Å². The average molecular weight is 614 g/mol. The maximum Gasteiger partial charge on any atom is 0.490 e. The summed E-state index contributed by atoms with van der Waals surface area (Å²) >= 11 is 0. The van der Waals surface area contributed by atoms with Gasteiger partial charge in [-0.15, -0.1) is 0 Å². The van der Waals surface area contributed by atoms with Crippen molar-refractivity contribution in [1.29, 1.82) is 5.26 Å². The first kappa shape index (κ1) is 32.5. The standard InChI is InChI=1S/C33H29N3O2.C2HF3O2/c1-38-26-17-18-27-28(21-26)32(25-15-9-4-10-16-25)30(22-34)36(33(27)37)20-19-29(35)31(23-11-5-2-6-12-23)24-13-7-3-8-14-24;3-2(4,5)1(6)7/h2-18,21,29,31H,19-20,35H2,1H3;(H,6,7). The van der Waals surface area contributed by atoms with Crippen LogP contribution in [0.1, 0.15) is 29.2 Å². The number of carboxylic acid groups (broad SMARTS) is 1. The van der Waals surface area contributed by atoms with E-state index in [2.05, 4.69) is 30.3 Å². The zero-order valence-corrected chi connectivity index (χ0v) is 24.2. The number of pyridine rings is 1. The van der Waals surface area contributed by atoms with Gasteiger partial charge >= 0.3 is 12.1 Å². The van der Waals surface area contributed by atoms with Crippen LogP contribution in [0, 0.1) is 11.3 Å². The predicted octanol–water partition coefficient (Wildman–Crippen LogP) is 6.73. The molecule has 3 N–H and O–H groups in total. The van der Waals surface area contributed by atoms with Crippen LogP contribution in [0.15, 0.2) is 114 Å². The fraction of sp³-hybridized carbons (Fsp3) is 0.171. The molecular formula is C35H30F3N3O4. The van der Waals surface area contributed by atoms with Crippen LogP contribution in [0.25, 0.3) is 21.9 Å². The highest BCUT2D eigenvalue weighted by Gasteiger charge is 2.38. The minimum Gasteiger partial charge on any atom is -0.497 e. The summed E-state index contributed by atoms with van der Waals surface area (Å²) in [6.45, 7) is 0.320. The number of alkyl halides is 3. The smallest absolute Gasteiger partial charge is 0.490 e. The van der Waals surface area contributed by atoms with E-state index < -0.39 is 12.1 Å². The lowest BCUT2D eigenvalue weighted by atomic mass is 9.84. The molecule has 0 aliphatic carbocycles. The molecule has 10 heteroatoms. The summed E-state index contributed by atoms with van der Waals surface area (Å²) in [5.74, 6) is -2.17. The maximum atomic E-state index is 13.7. The van der Waals surface area contributed by atoms with Crippen LogP contribution in [0.3, 0.4) is 0 Å². The first-order valence-corrected chi connectivity index (χ1v) is 13.9. The van der Waals surface area contributed by atoms with Crippen LogP contribution >= 0.6 is 0 Å². The largest absolute Gasteiger partial charge is 0.497 e. The van der Waals surface area contributed by atoms with Gasteiger partial charge in [-0.3, -0.25) is 9.36 Å². The van der Waals surface area contributed by atoms with Crippen molar-refractivity contribution in [1.82, 2.24) is 4.57 Å². The molecule has 0 saturated heterocycles. The third kappa shape index (κ3) is 7.58. The van der Waals surface area contributed by atoms with Gasteiger partial charge in [0.05, 0.1) is 7.11 Å². The van der Waals surface area contributed by atoms with Crippen LogP contribution in [-0.2, 0) is 11.3 Å². The summed E-state index contributed by atoms with van der Waals surface area (Å²) in [7, 11) is 1.59. The number of aliphatic carboxylic acids is 1. The zero-order chi connectivity index (χ0) is 32.6. The van der Waals surface area contributed by atoms with E-state index in [0.717, 1.165) is 22.3 Å². The number of hydrogen-bond acceptors (Lipinski definition) is 5. The highest BCUT2D eigenvalue weighted by atomic mass is 19.4. The molecule has 0 saturated carbocycles. The molecule has 230 valence electrons. The lowest BCUT2D eigenvalue weighted by molar-refractivity contribution is -0.192. The number of fused-ring (bicyclic) bond motifs is 1. The summed E-state index contributed by atoms with van der Waals surface area (Å²) in [4.78, 5) is 22.6. The van der Waals surface area contributed by atoms with E-state index in [0.29, 0.717) is 35.2 Å². The molecule has 0 fully saturated rings.